The molecule has 0 amide bonds. The predicted molar refractivity (Wildman–Crippen MR) is 97.1 cm³/mol. The Morgan fingerprint density at radius 1 is 1.29 bits per heavy atom. The maximum atomic E-state index is 6.09. The van der Waals surface area contributed by atoms with Crippen LogP contribution in [0, 0.1) is 0 Å². The van der Waals surface area contributed by atoms with Gasteiger partial charge >= 0.3 is 0 Å². The molecule has 0 radical (unpaired) electrons. The molecule has 0 saturated carbocycles. The van der Waals surface area contributed by atoms with Crippen LogP contribution in [0.4, 0.5) is 0 Å². The van der Waals surface area contributed by atoms with Crippen LogP contribution in [-0.4, -0.2) is 39.4 Å². The first-order valence-corrected chi connectivity index (χ1v) is 8.18. The molecule has 0 spiro atoms. The van der Waals surface area contributed by atoms with Gasteiger partial charge in [-0.1, -0.05) is 23.7 Å². The van der Waals surface area contributed by atoms with Crippen LogP contribution in [0.5, 0.6) is 0 Å². The van der Waals surface area contributed by atoms with Gasteiger partial charge in [-0.3, -0.25) is 0 Å². The van der Waals surface area contributed by atoms with Gasteiger partial charge in [0.1, 0.15) is 0 Å². The van der Waals surface area contributed by atoms with Crippen molar-refractivity contribution in [2.24, 2.45) is 0 Å². The highest BCUT2D eigenvalue weighted by molar-refractivity contribution is 6.30. The lowest BCUT2D eigenvalue weighted by Gasteiger charge is -2.28. The van der Waals surface area contributed by atoms with Crippen molar-refractivity contribution in [3.63, 3.8) is 0 Å². The van der Waals surface area contributed by atoms with E-state index in [2.05, 4.69) is 4.98 Å². The summed E-state index contributed by atoms with van der Waals surface area (Å²) in [5.74, 6) is -0.216. The normalized spacial score (nSPS) is 22.7. The Labute approximate surface area is 157 Å². The van der Waals surface area contributed by atoms with E-state index in [1.54, 1.807) is 12.5 Å². The van der Waals surface area contributed by atoms with Gasteiger partial charge in [-0.2, -0.15) is 0 Å². The van der Waals surface area contributed by atoms with Crippen molar-refractivity contribution in [2.45, 2.75) is 31.3 Å². The average molecular weight is 396 g/mol. The van der Waals surface area contributed by atoms with Gasteiger partial charge in [0.2, 0.25) is 0 Å². The van der Waals surface area contributed by atoms with E-state index in [0.29, 0.717) is 19.0 Å². The van der Waals surface area contributed by atoms with Crippen molar-refractivity contribution in [3.8, 4) is 0 Å². The molecule has 8 heteroatoms. The lowest BCUT2D eigenvalue weighted by molar-refractivity contribution is -0.180. The molecule has 0 aliphatic carbocycles. The van der Waals surface area contributed by atoms with Crippen LogP contribution >= 0.6 is 35.6 Å². The minimum Gasteiger partial charge on any atom is -0.412 e. The summed E-state index contributed by atoms with van der Waals surface area (Å²) in [6, 6.07) is 7.86. The van der Waals surface area contributed by atoms with Crippen molar-refractivity contribution in [1.82, 2.24) is 9.55 Å². The molecule has 1 fully saturated rings. The Morgan fingerprint density at radius 2 is 2.04 bits per heavy atom. The second-order valence-electron chi connectivity index (χ2n) is 5.48. The monoisotopic (exact) mass is 394 g/mol. The first-order valence-electron chi connectivity index (χ1n) is 7.27. The fourth-order valence-corrected chi connectivity index (χ4v) is 2.91. The van der Waals surface area contributed by atoms with Crippen molar-refractivity contribution in [2.75, 3.05) is 12.5 Å². The quantitative estimate of drug-likeness (QED) is 0.706. The number of hydrogen-bond acceptors (Lipinski definition) is 3. The van der Waals surface area contributed by atoms with Gasteiger partial charge in [-0.05, 0) is 24.1 Å². The SMILES string of the molecule is Cl.ClC[C@@H]1CO[C@@](CCc2ccc(Cl)cc2)(Cn2ccnc2)O1.O. The molecule has 2 heterocycles. The van der Waals surface area contributed by atoms with E-state index in [-0.39, 0.29) is 24.0 Å². The average Bonchev–Trinajstić information content (AvgIpc) is 3.17. The summed E-state index contributed by atoms with van der Waals surface area (Å²) < 4.78 is 14.0. The summed E-state index contributed by atoms with van der Waals surface area (Å²) >= 11 is 11.8. The van der Waals surface area contributed by atoms with Gasteiger partial charge < -0.3 is 19.5 Å². The first-order chi connectivity index (χ1) is 10.7. The third kappa shape index (κ3) is 5.34. The van der Waals surface area contributed by atoms with Gasteiger partial charge in [-0.25, -0.2) is 4.98 Å². The van der Waals surface area contributed by atoms with Crippen molar-refractivity contribution < 1.29 is 14.9 Å². The number of imidazole rings is 1. The van der Waals surface area contributed by atoms with Crippen LogP contribution < -0.4 is 0 Å². The molecule has 0 bridgehead atoms. The van der Waals surface area contributed by atoms with Crippen LogP contribution in [0.15, 0.2) is 43.0 Å². The number of benzene rings is 1. The number of aromatic nitrogens is 2. The smallest absolute Gasteiger partial charge is 0.187 e. The molecular weight excluding hydrogens is 375 g/mol. The van der Waals surface area contributed by atoms with Gasteiger partial charge in [0.05, 0.1) is 31.5 Å². The third-order valence-electron chi connectivity index (χ3n) is 3.78. The molecule has 1 aromatic heterocycles. The number of nitrogens with zero attached hydrogens (tertiary/aromatic N) is 2. The van der Waals surface area contributed by atoms with Crippen LogP contribution in [0.2, 0.25) is 5.02 Å². The lowest BCUT2D eigenvalue weighted by atomic mass is 10.0. The molecule has 2 aromatic rings. The zero-order valence-corrected chi connectivity index (χ0v) is 15.4. The number of alkyl halides is 1. The number of aryl methyl sites for hydroxylation is 1. The second-order valence-corrected chi connectivity index (χ2v) is 6.22. The van der Waals surface area contributed by atoms with E-state index in [4.69, 9.17) is 32.7 Å². The molecule has 1 aliphatic rings. The summed E-state index contributed by atoms with van der Waals surface area (Å²) in [7, 11) is 0. The van der Waals surface area contributed by atoms with E-state index in [1.807, 2.05) is 35.0 Å². The Kier molecular flexibility index (Phi) is 8.50. The summed E-state index contributed by atoms with van der Waals surface area (Å²) in [6.07, 6.45) is 6.97. The Bertz CT molecular complexity index is 595. The summed E-state index contributed by atoms with van der Waals surface area (Å²) in [5, 5.41) is 0.743. The fourth-order valence-electron chi connectivity index (χ4n) is 2.63. The lowest BCUT2D eigenvalue weighted by Crippen LogP contribution is -2.36. The van der Waals surface area contributed by atoms with Crippen molar-refractivity contribution in [1.29, 1.82) is 0 Å². The Morgan fingerprint density at radius 3 is 2.62 bits per heavy atom. The largest absolute Gasteiger partial charge is 0.412 e. The van der Waals surface area contributed by atoms with Crippen molar-refractivity contribution in [3.05, 3.63) is 53.6 Å². The van der Waals surface area contributed by atoms with Crippen LogP contribution in [0.3, 0.4) is 0 Å². The summed E-state index contributed by atoms with van der Waals surface area (Å²) in [5.41, 5.74) is 1.20. The molecule has 1 aliphatic heterocycles. The van der Waals surface area contributed by atoms with Gasteiger partial charge in [0.15, 0.2) is 5.79 Å². The third-order valence-corrected chi connectivity index (χ3v) is 4.37. The molecule has 24 heavy (non-hydrogen) atoms. The Balaban J connectivity index is 0.00000144. The molecule has 1 aromatic carbocycles. The molecule has 134 valence electrons. The number of ether oxygens (including phenoxy) is 2. The topological polar surface area (TPSA) is 67.8 Å². The van der Waals surface area contributed by atoms with E-state index in [9.17, 15) is 0 Å². The summed E-state index contributed by atoms with van der Waals surface area (Å²) in [4.78, 5) is 4.07. The predicted octanol–water partition coefficient (Wildman–Crippen LogP) is 3.12. The number of rotatable bonds is 6. The highest BCUT2D eigenvalue weighted by Crippen LogP contribution is 2.31. The number of hydrogen-bond donors (Lipinski definition) is 0. The van der Waals surface area contributed by atoms with E-state index in [1.165, 1.54) is 5.56 Å². The van der Waals surface area contributed by atoms with E-state index >= 15 is 0 Å². The molecule has 3 rings (SSSR count). The van der Waals surface area contributed by atoms with E-state index in [0.717, 1.165) is 17.9 Å². The highest BCUT2D eigenvalue weighted by atomic mass is 35.5. The van der Waals surface area contributed by atoms with Gasteiger partial charge in [-0.15, -0.1) is 24.0 Å². The maximum absolute atomic E-state index is 6.09. The minimum atomic E-state index is -0.653. The Hall–Kier alpha value is -0.820. The molecule has 0 unspecified atom stereocenters. The van der Waals surface area contributed by atoms with Crippen LogP contribution in [0.25, 0.3) is 0 Å². The molecule has 1 saturated heterocycles. The van der Waals surface area contributed by atoms with Crippen LogP contribution in [-0.2, 0) is 22.4 Å². The standard InChI is InChI=1S/C16H18Cl2N2O2.ClH.H2O/c17-9-15-10-21-16(22-15,11-20-8-7-19-12-20)6-5-13-1-3-14(18)4-2-13;;/h1-4,7-8,12,15H,5-6,9-11H2;1H;1H2/t15-,16-;;/m1../s1. The molecular formula is C16H21Cl3N2O3. The zero-order chi connectivity index (χ0) is 15.4. The summed E-state index contributed by atoms with van der Waals surface area (Å²) in [6.45, 7) is 1.13. The fraction of sp³-hybridized carbons (Fsp3) is 0.438. The first kappa shape index (κ1) is 21.2. The molecule has 5 nitrogen and oxygen atoms in total. The second kappa shape index (κ2) is 9.61. The number of halogens is 3. The highest BCUT2D eigenvalue weighted by Gasteiger charge is 2.41. The maximum Gasteiger partial charge on any atom is 0.187 e. The van der Waals surface area contributed by atoms with Crippen LogP contribution in [0.1, 0.15) is 12.0 Å². The van der Waals surface area contributed by atoms with Gasteiger partial charge in [0, 0.05) is 23.8 Å². The molecule has 2 N–H and O–H groups in total. The molecule has 2 atom stereocenters. The van der Waals surface area contributed by atoms with Crippen molar-refractivity contribution >= 4 is 35.6 Å². The zero-order valence-electron chi connectivity index (χ0n) is 13.0. The van der Waals surface area contributed by atoms with E-state index < -0.39 is 5.79 Å². The minimum absolute atomic E-state index is 0. The van der Waals surface area contributed by atoms with Gasteiger partial charge in [0.25, 0.3) is 0 Å².